The Morgan fingerprint density at radius 3 is 3.00 bits per heavy atom. The van der Waals surface area contributed by atoms with Crippen molar-refractivity contribution in [3.63, 3.8) is 0 Å². The highest BCUT2D eigenvalue weighted by molar-refractivity contribution is 6.31. The molecule has 0 saturated carbocycles. The van der Waals surface area contributed by atoms with Crippen LogP contribution in [0.15, 0.2) is 18.3 Å². The summed E-state index contributed by atoms with van der Waals surface area (Å²) in [5, 5.41) is 0.224. The van der Waals surface area contributed by atoms with Gasteiger partial charge >= 0.3 is 0 Å². The van der Waals surface area contributed by atoms with E-state index in [1.54, 1.807) is 13.1 Å². The second kappa shape index (κ2) is 4.70. The average Bonchev–Trinajstić information content (AvgIpc) is 2.81. The van der Waals surface area contributed by atoms with Crippen molar-refractivity contribution in [1.82, 2.24) is 15.0 Å². The molecule has 1 atom stereocenters. The molecular weight excluding hydrogens is 262 g/mol. The van der Waals surface area contributed by atoms with Crippen LogP contribution in [0.5, 0.6) is 0 Å². The van der Waals surface area contributed by atoms with Crippen molar-refractivity contribution in [2.75, 3.05) is 0 Å². The number of nitrogens with zero attached hydrogens (tertiary/aromatic N) is 3. The smallest absolute Gasteiger partial charge is 0.155 e. The van der Waals surface area contributed by atoms with Gasteiger partial charge in [0.05, 0.1) is 17.0 Å². The minimum absolute atomic E-state index is 0.0376. The van der Waals surface area contributed by atoms with Gasteiger partial charge in [0, 0.05) is 12.1 Å². The maximum atomic E-state index is 11.2. The Kier molecular flexibility index (Phi) is 3.03. The molecule has 0 spiro atoms. The van der Waals surface area contributed by atoms with E-state index in [0.717, 1.165) is 24.8 Å². The maximum absolute atomic E-state index is 11.2. The van der Waals surface area contributed by atoms with Gasteiger partial charge in [0.2, 0.25) is 0 Å². The number of carbonyl (C=O) groups is 1. The molecule has 2 heterocycles. The van der Waals surface area contributed by atoms with Gasteiger partial charge in [-0.1, -0.05) is 17.7 Å². The fraction of sp³-hybridized carbons (Fsp3) is 0.286. The lowest BCUT2D eigenvalue weighted by Gasteiger charge is -2.13. The fourth-order valence-corrected chi connectivity index (χ4v) is 2.88. The van der Waals surface area contributed by atoms with Crippen molar-refractivity contribution in [2.45, 2.75) is 25.7 Å². The molecule has 0 aliphatic heterocycles. The molecule has 0 N–H and O–H groups in total. The molecule has 1 unspecified atom stereocenters. The van der Waals surface area contributed by atoms with Crippen molar-refractivity contribution < 1.29 is 4.79 Å². The molecular formula is C14H12ClN3O. The second-order valence-corrected chi connectivity index (χ2v) is 4.98. The maximum Gasteiger partial charge on any atom is 0.155 e. The zero-order valence-electron chi connectivity index (χ0n) is 10.4. The second-order valence-electron chi connectivity index (χ2n) is 4.62. The fourth-order valence-electron chi connectivity index (χ4n) is 2.62. The lowest BCUT2D eigenvalue weighted by atomic mass is 9.98. The van der Waals surface area contributed by atoms with Gasteiger partial charge < -0.3 is 0 Å². The van der Waals surface area contributed by atoms with Crippen molar-refractivity contribution in [2.24, 2.45) is 0 Å². The normalized spacial score (nSPS) is 17.3. The molecule has 0 fully saturated rings. The van der Waals surface area contributed by atoms with E-state index in [9.17, 15) is 4.79 Å². The Morgan fingerprint density at radius 2 is 2.21 bits per heavy atom. The quantitative estimate of drug-likeness (QED) is 0.624. The van der Waals surface area contributed by atoms with Gasteiger partial charge in [0.15, 0.2) is 6.29 Å². The molecule has 96 valence electrons. The molecule has 0 saturated heterocycles. The van der Waals surface area contributed by atoms with Crippen LogP contribution in [0.1, 0.15) is 45.5 Å². The van der Waals surface area contributed by atoms with Crippen LogP contribution in [0.4, 0.5) is 0 Å². The number of aromatic nitrogens is 3. The third kappa shape index (κ3) is 2.02. The Bertz CT molecular complexity index is 657. The molecule has 2 aromatic rings. The Balaban J connectivity index is 2.16. The van der Waals surface area contributed by atoms with Gasteiger partial charge in [-0.25, -0.2) is 9.97 Å². The summed E-state index contributed by atoms with van der Waals surface area (Å²) in [5.41, 5.74) is 3.30. The van der Waals surface area contributed by atoms with Crippen LogP contribution in [0, 0.1) is 6.92 Å². The summed E-state index contributed by atoms with van der Waals surface area (Å²) >= 11 is 6.04. The summed E-state index contributed by atoms with van der Waals surface area (Å²) in [6.45, 7) is 1.78. The molecule has 0 bridgehead atoms. The number of aryl methyl sites for hydroxylation is 2. The monoisotopic (exact) mass is 273 g/mol. The molecule has 0 aromatic carbocycles. The van der Waals surface area contributed by atoms with Crippen molar-refractivity contribution >= 4 is 17.9 Å². The molecule has 0 radical (unpaired) electrons. The minimum Gasteiger partial charge on any atom is -0.298 e. The number of halogens is 1. The molecule has 3 rings (SSSR count). The van der Waals surface area contributed by atoms with Crippen LogP contribution in [-0.4, -0.2) is 21.2 Å². The summed E-state index contributed by atoms with van der Waals surface area (Å²) in [5.74, 6) is 0.616. The van der Waals surface area contributed by atoms with Gasteiger partial charge in [-0.3, -0.25) is 9.78 Å². The molecule has 1 aliphatic rings. The van der Waals surface area contributed by atoms with E-state index >= 15 is 0 Å². The van der Waals surface area contributed by atoms with E-state index in [1.165, 1.54) is 5.56 Å². The highest BCUT2D eigenvalue weighted by Gasteiger charge is 2.29. The highest BCUT2D eigenvalue weighted by Crippen LogP contribution is 2.37. The summed E-state index contributed by atoms with van der Waals surface area (Å²) in [6.07, 6.45) is 4.36. The number of hydrogen-bond acceptors (Lipinski definition) is 4. The predicted molar refractivity (Wildman–Crippen MR) is 71.6 cm³/mol. The molecule has 4 nitrogen and oxygen atoms in total. The van der Waals surface area contributed by atoms with Gasteiger partial charge in [-0.2, -0.15) is 0 Å². The molecule has 5 heteroatoms. The number of fused-ring (bicyclic) bond motifs is 1. The molecule has 1 aliphatic carbocycles. The van der Waals surface area contributed by atoms with Gasteiger partial charge in [-0.05, 0) is 31.4 Å². The first-order valence-electron chi connectivity index (χ1n) is 6.13. The number of carbonyl (C=O) groups excluding carboxylic acids is 1. The third-order valence-electron chi connectivity index (χ3n) is 3.45. The number of rotatable bonds is 2. The van der Waals surface area contributed by atoms with E-state index in [1.807, 2.05) is 6.07 Å². The van der Waals surface area contributed by atoms with Crippen LogP contribution in [0.2, 0.25) is 5.15 Å². The van der Waals surface area contributed by atoms with Gasteiger partial charge in [0.25, 0.3) is 0 Å². The van der Waals surface area contributed by atoms with Crippen LogP contribution in [0.3, 0.4) is 0 Å². The number of aldehydes is 1. The average molecular weight is 274 g/mol. The van der Waals surface area contributed by atoms with Gasteiger partial charge in [-0.15, -0.1) is 0 Å². The Morgan fingerprint density at radius 1 is 1.37 bits per heavy atom. The zero-order valence-corrected chi connectivity index (χ0v) is 11.2. The zero-order chi connectivity index (χ0) is 13.4. The minimum atomic E-state index is 0.0376. The van der Waals surface area contributed by atoms with Crippen LogP contribution in [-0.2, 0) is 6.42 Å². The molecule has 0 amide bonds. The van der Waals surface area contributed by atoms with Crippen LogP contribution < -0.4 is 0 Å². The standard InChI is InChI=1S/C14H12ClN3O/c1-8-17-13(11(7-19)14(15)18-8)10-5-4-9-3-2-6-16-12(9)10/h2-3,6-7,10H,4-5H2,1H3. The van der Waals surface area contributed by atoms with Crippen LogP contribution in [0.25, 0.3) is 0 Å². The van der Waals surface area contributed by atoms with Crippen LogP contribution >= 0.6 is 11.6 Å². The lowest BCUT2D eigenvalue weighted by Crippen LogP contribution is -2.09. The molecule has 2 aromatic heterocycles. The summed E-state index contributed by atoms with van der Waals surface area (Å²) in [6, 6.07) is 4.00. The first-order valence-corrected chi connectivity index (χ1v) is 6.51. The largest absolute Gasteiger partial charge is 0.298 e. The van der Waals surface area contributed by atoms with E-state index in [4.69, 9.17) is 11.6 Å². The lowest BCUT2D eigenvalue weighted by molar-refractivity contribution is 0.112. The number of pyridine rings is 1. The third-order valence-corrected chi connectivity index (χ3v) is 3.73. The number of hydrogen-bond donors (Lipinski definition) is 0. The summed E-state index contributed by atoms with van der Waals surface area (Å²) in [7, 11) is 0. The Hall–Kier alpha value is -1.81. The first kappa shape index (κ1) is 12.2. The van der Waals surface area contributed by atoms with Crippen molar-refractivity contribution in [1.29, 1.82) is 0 Å². The van der Waals surface area contributed by atoms with E-state index in [2.05, 4.69) is 21.0 Å². The van der Waals surface area contributed by atoms with E-state index in [0.29, 0.717) is 17.1 Å². The van der Waals surface area contributed by atoms with Gasteiger partial charge in [0.1, 0.15) is 11.0 Å². The van der Waals surface area contributed by atoms with Crippen molar-refractivity contribution in [3.05, 3.63) is 51.8 Å². The molecule has 19 heavy (non-hydrogen) atoms. The highest BCUT2D eigenvalue weighted by atomic mass is 35.5. The van der Waals surface area contributed by atoms with E-state index < -0.39 is 0 Å². The Labute approximate surface area is 115 Å². The SMILES string of the molecule is Cc1nc(Cl)c(C=O)c(C2CCc3cccnc32)n1. The van der Waals surface area contributed by atoms with Crippen molar-refractivity contribution in [3.8, 4) is 0 Å². The summed E-state index contributed by atoms with van der Waals surface area (Å²) in [4.78, 5) is 24.1. The summed E-state index contributed by atoms with van der Waals surface area (Å²) < 4.78 is 0. The predicted octanol–water partition coefficient (Wildman–Crippen LogP) is 2.72. The first-order chi connectivity index (χ1) is 9.20. The van der Waals surface area contributed by atoms with E-state index in [-0.39, 0.29) is 11.1 Å². The topological polar surface area (TPSA) is 55.7 Å².